The highest BCUT2D eigenvalue weighted by atomic mass is 127. The van der Waals surface area contributed by atoms with E-state index in [1.165, 1.54) is 70.0 Å². The molecule has 0 heterocycles. The Hall–Kier alpha value is -4.05. The summed E-state index contributed by atoms with van der Waals surface area (Å²) in [6.45, 7) is 9.27. The maximum atomic E-state index is 8.94. The van der Waals surface area contributed by atoms with Gasteiger partial charge in [-0.15, -0.1) is 0 Å². The van der Waals surface area contributed by atoms with Gasteiger partial charge in [0.05, 0.1) is 0 Å². The standard InChI is InChI=1S/C25H19Br.C15H12BrI.C10H9BO2/c1-25(2)23-14-19(18-8-7-16-5-3-4-6-17(16)13-18)9-11-21(23)22-12-10-20(26)15-24(22)25;1-15(2)13-7-9(16)3-5-11(13)12-6-4-10(17)8-14(12)15;12-11(13)10-6-5-8-3-1-2-4-9(8)7-10/h3-15H,1-2H3;3-8H,1-2H3;1-7,12-13H. The van der Waals surface area contributed by atoms with Gasteiger partial charge in [-0.2, -0.15) is 0 Å². The maximum Gasteiger partial charge on any atom is 0.488 e. The van der Waals surface area contributed by atoms with Gasteiger partial charge < -0.3 is 10.0 Å². The maximum absolute atomic E-state index is 8.94. The van der Waals surface area contributed by atoms with Crippen LogP contribution in [0.2, 0.25) is 0 Å². The fraction of sp³-hybridized carbons (Fsp3) is 0.120. The van der Waals surface area contributed by atoms with Crippen molar-refractivity contribution in [2.24, 2.45) is 0 Å². The SMILES string of the molecule is CC1(C)c2cc(Br)ccc2-c2ccc(-c3ccc4ccccc4c3)cc21.CC1(C)c2cc(Br)ccc2-c2ccc(I)cc21.OB(O)c1ccc2ccccc2c1. The molecule has 8 aromatic rings. The van der Waals surface area contributed by atoms with Crippen molar-refractivity contribution >= 4 is 88.6 Å². The monoisotopic (exact) mass is 968 g/mol. The minimum Gasteiger partial charge on any atom is -0.423 e. The highest BCUT2D eigenvalue weighted by Crippen LogP contribution is 2.51. The molecule has 2 nitrogen and oxygen atoms in total. The van der Waals surface area contributed by atoms with Crippen LogP contribution in [-0.2, 0) is 10.8 Å². The van der Waals surface area contributed by atoms with Crippen LogP contribution in [0.4, 0.5) is 0 Å². The Balaban J connectivity index is 0.000000127. The summed E-state index contributed by atoms with van der Waals surface area (Å²) in [5, 5.41) is 22.6. The average molecular weight is 970 g/mol. The van der Waals surface area contributed by atoms with Gasteiger partial charge in [0.25, 0.3) is 0 Å². The van der Waals surface area contributed by atoms with Crippen molar-refractivity contribution in [1.82, 2.24) is 0 Å². The summed E-state index contributed by atoms with van der Waals surface area (Å²) in [5.41, 5.74) is 14.4. The average Bonchev–Trinajstić information content (AvgIpc) is 3.55. The summed E-state index contributed by atoms with van der Waals surface area (Å²) in [6, 6.07) is 55.4. The molecular formula is C50H40BBr2IO2. The van der Waals surface area contributed by atoms with E-state index in [9.17, 15) is 0 Å². The van der Waals surface area contributed by atoms with Crippen LogP contribution in [0.25, 0.3) is 54.9 Å². The molecule has 56 heavy (non-hydrogen) atoms. The number of hydrogen-bond acceptors (Lipinski definition) is 2. The number of rotatable bonds is 2. The van der Waals surface area contributed by atoms with Crippen molar-refractivity contribution < 1.29 is 10.0 Å². The van der Waals surface area contributed by atoms with E-state index in [2.05, 4.69) is 197 Å². The molecular weight excluding hydrogens is 930 g/mol. The van der Waals surface area contributed by atoms with Crippen LogP contribution in [0.3, 0.4) is 0 Å². The first-order valence-corrected chi connectivity index (χ1v) is 21.4. The van der Waals surface area contributed by atoms with Crippen molar-refractivity contribution in [3.05, 3.63) is 192 Å². The quantitative estimate of drug-likeness (QED) is 0.134. The molecule has 0 spiro atoms. The summed E-state index contributed by atoms with van der Waals surface area (Å²) in [6.07, 6.45) is 0. The van der Waals surface area contributed by atoms with Gasteiger partial charge in [-0.1, -0.05) is 169 Å². The van der Waals surface area contributed by atoms with E-state index in [4.69, 9.17) is 10.0 Å². The Morgan fingerprint density at radius 2 is 0.839 bits per heavy atom. The van der Waals surface area contributed by atoms with E-state index in [1.54, 1.807) is 12.1 Å². The third-order valence-corrected chi connectivity index (χ3v) is 13.1. The Morgan fingerprint density at radius 3 is 1.39 bits per heavy atom. The fourth-order valence-electron chi connectivity index (χ4n) is 8.31. The molecule has 0 unspecified atom stereocenters. The molecule has 0 radical (unpaired) electrons. The lowest BCUT2D eigenvalue weighted by Gasteiger charge is -2.22. The van der Waals surface area contributed by atoms with Crippen LogP contribution >= 0.6 is 54.5 Å². The Kier molecular flexibility index (Phi) is 10.7. The van der Waals surface area contributed by atoms with Gasteiger partial charge in [0.2, 0.25) is 0 Å². The van der Waals surface area contributed by atoms with Gasteiger partial charge in [0.15, 0.2) is 0 Å². The summed E-state index contributed by atoms with van der Waals surface area (Å²) in [4.78, 5) is 0. The normalized spacial score (nSPS) is 13.7. The molecule has 2 aliphatic rings. The molecule has 0 bridgehead atoms. The molecule has 10 rings (SSSR count). The molecule has 8 aromatic carbocycles. The molecule has 0 saturated heterocycles. The van der Waals surface area contributed by atoms with Gasteiger partial charge in [-0.05, 0) is 154 Å². The van der Waals surface area contributed by atoms with E-state index >= 15 is 0 Å². The number of fused-ring (bicyclic) bond motifs is 8. The Labute approximate surface area is 360 Å². The minimum absolute atomic E-state index is 0.0152. The second kappa shape index (κ2) is 15.4. The molecule has 0 aliphatic heterocycles. The fourth-order valence-corrected chi connectivity index (χ4v) is 9.52. The van der Waals surface area contributed by atoms with Crippen molar-refractivity contribution in [2.75, 3.05) is 0 Å². The van der Waals surface area contributed by atoms with Gasteiger partial charge in [0, 0.05) is 23.3 Å². The summed E-state index contributed by atoms with van der Waals surface area (Å²) < 4.78 is 3.61. The van der Waals surface area contributed by atoms with Crippen LogP contribution in [0.5, 0.6) is 0 Å². The van der Waals surface area contributed by atoms with Crippen molar-refractivity contribution in [2.45, 2.75) is 38.5 Å². The third-order valence-electron chi connectivity index (χ3n) is 11.4. The third kappa shape index (κ3) is 7.31. The van der Waals surface area contributed by atoms with Crippen LogP contribution in [0.15, 0.2) is 167 Å². The highest BCUT2D eigenvalue weighted by molar-refractivity contribution is 14.1. The molecule has 6 heteroatoms. The van der Waals surface area contributed by atoms with Crippen molar-refractivity contribution in [3.63, 3.8) is 0 Å². The molecule has 0 fully saturated rings. The van der Waals surface area contributed by atoms with E-state index < -0.39 is 7.12 Å². The molecule has 2 aliphatic carbocycles. The molecule has 0 amide bonds. The summed E-state index contributed by atoms with van der Waals surface area (Å²) in [7, 11) is -1.38. The predicted molar refractivity (Wildman–Crippen MR) is 253 cm³/mol. The number of benzene rings is 8. The zero-order valence-corrected chi connectivity index (χ0v) is 36.9. The lowest BCUT2D eigenvalue weighted by atomic mass is 9.79. The van der Waals surface area contributed by atoms with Gasteiger partial charge in [-0.3, -0.25) is 0 Å². The first-order chi connectivity index (χ1) is 26.8. The van der Waals surface area contributed by atoms with E-state index in [0.29, 0.717) is 5.46 Å². The van der Waals surface area contributed by atoms with Crippen LogP contribution in [-0.4, -0.2) is 17.2 Å². The Bertz CT molecular complexity index is 2740. The van der Waals surface area contributed by atoms with Crippen LogP contribution in [0.1, 0.15) is 49.9 Å². The number of hydrogen-bond donors (Lipinski definition) is 2. The largest absolute Gasteiger partial charge is 0.488 e. The molecule has 0 aromatic heterocycles. The number of halogens is 3. The van der Waals surface area contributed by atoms with Gasteiger partial charge >= 0.3 is 7.12 Å². The smallest absolute Gasteiger partial charge is 0.423 e. The van der Waals surface area contributed by atoms with E-state index in [0.717, 1.165) is 19.7 Å². The van der Waals surface area contributed by atoms with E-state index in [1.807, 2.05) is 30.3 Å². The zero-order valence-electron chi connectivity index (χ0n) is 31.6. The van der Waals surface area contributed by atoms with Gasteiger partial charge in [-0.25, -0.2) is 0 Å². The second-order valence-electron chi connectivity index (χ2n) is 15.6. The molecule has 0 saturated carbocycles. The first kappa shape index (κ1) is 38.8. The minimum atomic E-state index is -1.38. The Morgan fingerprint density at radius 1 is 0.429 bits per heavy atom. The lowest BCUT2D eigenvalue weighted by molar-refractivity contribution is 0.426. The molecule has 276 valence electrons. The first-order valence-electron chi connectivity index (χ1n) is 18.7. The molecule has 2 N–H and O–H groups in total. The summed E-state index contributed by atoms with van der Waals surface area (Å²) in [5.74, 6) is 0. The zero-order chi connectivity index (χ0) is 39.4. The van der Waals surface area contributed by atoms with Crippen LogP contribution < -0.4 is 5.46 Å². The highest BCUT2D eigenvalue weighted by Gasteiger charge is 2.36. The predicted octanol–water partition coefficient (Wildman–Crippen LogP) is 13.5. The lowest BCUT2D eigenvalue weighted by Crippen LogP contribution is -2.29. The summed E-state index contributed by atoms with van der Waals surface area (Å²) >= 11 is 9.60. The molecule has 0 atom stereocenters. The topological polar surface area (TPSA) is 40.5 Å². The van der Waals surface area contributed by atoms with Crippen molar-refractivity contribution in [3.8, 4) is 33.4 Å². The van der Waals surface area contributed by atoms with Crippen molar-refractivity contribution in [1.29, 1.82) is 0 Å². The second-order valence-corrected chi connectivity index (χ2v) is 18.7. The van der Waals surface area contributed by atoms with Crippen LogP contribution in [0, 0.1) is 3.57 Å². The van der Waals surface area contributed by atoms with Gasteiger partial charge in [0.1, 0.15) is 0 Å². The van der Waals surface area contributed by atoms with E-state index in [-0.39, 0.29) is 10.8 Å².